The van der Waals surface area contributed by atoms with Crippen molar-refractivity contribution in [1.29, 1.82) is 0 Å². The Hall–Kier alpha value is -3.23. The van der Waals surface area contributed by atoms with Crippen LogP contribution in [0.15, 0.2) is 59.4 Å². The van der Waals surface area contributed by atoms with E-state index < -0.39 is 0 Å². The normalized spacial score (nSPS) is 15.5. The molecule has 1 saturated heterocycles. The number of piperazine rings is 1. The van der Waals surface area contributed by atoms with Gasteiger partial charge in [-0.15, -0.1) is 0 Å². The third-order valence-electron chi connectivity index (χ3n) is 5.38. The third kappa shape index (κ3) is 5.90. The highest BCUT2D eigenvalue weighted by Gasteiger charge is 2.21. The highest BCUT2D eigenvalue weighted by molar-refractivity contribution is 5.91. The maximum atomic E-state index is 12.6. The number of aromatic nitrogens is 3. The number of H-pyrrole nitrogens is 1. The summed E-state index contributed by atoms with van der Waals surface area (Å²) in [7, 11) is 1.74. The van der Waals surface area contributed by atoms with E-state index in [9.17, 15) is 4.79 Å². The number of hydrogen-bond acceptors (Lipinski definition) is 6. The number of benzene rings is 1. The summed E-state index contributed by atoms with van der Waals surface area (Å²) in [5.74, 6) is 0.412. The van der Waals surface area contributed by atoms with Crippen molar-refractivity contribution < 1.29 is 9.21 Å². The van der Waals surface area contributed by atoms with Crippen molar-refractivity contribution in [3.63, 3.8) is 0 Å². The zero-order valence-electron chi connectivity index (χ0n) is 17.8. The van der Waals surface area contributed by atoms with Crippen molar-refractivity contribution in [2.24, 2.45) is 0 Å². The average molecular weight is 421 g/mol. The molecule has 0 saturated carbocycles. The van der Waals surface area contributed by atoms with Gasteiger partial charge < -0.3 is 9.32 Å². The van der Waals surface area contributed by atoms with Crippen molar-refractivity contribution in [1.82, 2.24) is 29.9 Å². The molecule has 3 aromatic rings. The van der Waals surface area contributed by atoms with Gasteiger partial charge in [-0.1, -0.05) is 42.5 Å². The lowest BCUT2D eigenvalue weighted by Gasteiger charge is -2.33. The molecule has 1 fully saturated rings. The van der Waals surface area contributed by atoms with Crippen LogP contribution in [0.4, 0.5) is 0 Å². The molecular weight excluding hydrogens is 392 g/mol. The number of carbonyl (C=O) groups is 1. The molecule has 1 aliphatic heterocycles. The molecule has 4 rings (SSSR count). The van der Waals surface area contributed by atoms with Gasteiger partial charge in [0, 0.05) is 46.0 Å². The molecule has 0 atom stereocenters. The van der Waals surface area contributed by atoms with E-state index in [1.807, 2.05) is 12.1 Å². The second-order valence-electron chi connectivity index (χ2n) is 7.76. The van der Waals surface area contributed by atoms with Crippen LogP contribution in [0, 0.1) is 0 Å². The largest absolute Gasteiger partial charge is 0.447 e. The van der Waals surface area contributed by atoms with Crippen molar-refractivity contribution >= 4 is 12.0 Å². The molecular formula is C23H28N6O2. The van der Waals surface area contributed by atoms with E-state index in [0.29, 0.717) is 24.7 Å². The highest BCUT2D eigenvalue weighted by atomic mass is 16.3. The third-order valence-corrected chi connectivity index (χ3v) is 5.38. The molecule has 3 heterocycles. The molecule has 0 aliphatic carbocycles. The molecule has 8 heteroatoms. The predicted molar refractivity (Wildman–Crippen MR) is 118 cm³/mol. The second-order valence-corrected chi connectivity index (χ2v) is 7.76. The highest BCUT2D eigenvalue weighted by Crippen LogP contribution is 2.12. The number of amides is 1. The molecule has 1 aromatic carbocycles. The van der Waals surface area contributed by atoms with Crippen LogP contribution in [0.2, 0.25) is 0 Å². The number of oxazole rings is 1. The van der Waals surface area contributed by atoms with Gasteiger partial charge >= 0.3 is 0 Å². The zero-order chi connectivity index (χ0) is 21.5. The van der Waals surface area contributed by atoms with Gasteiger partial charge in [0.25, 0.3) is 5.91 Å². The molecule has 0 radical (unpaired) electrons. The first-order valence-corrected chi connectivity index (χ1v) is 10.5. The lowest BCUT2D eigenvalue weighted by molar-refractivity contribution is 0.0777. The lowest BCUT2D eigenvalue weighted by atomic mass is 10.2. The van der Waals surface area contributed by atoms with E-state index in [1.54, 1.807) is 18.1 Å². The Balaban J connectivity index is 1.21. The predicted octanol–water partition coefficient (Wildman–Crippen LogP) is 2.50. The van der Waals surface area contributed by atoms with E-state index in [4.69, 9.17) is 4.42 Å². The number of nitrogens with zero attached hydrogens (tertiary/aromatic N) is 5. The molecule has 0 unspecified atom stereocenters. The van der Waals surface area contributed by atoms with E-state index in [2.05, 4.69) is 61.4 Å². The van der Waals surface area contributed by atoms with Gasteiger partial charge in [-0.2, -0.15) is 5.10 Å². The Morgan fingerprint density at radius 3 is 2.68 bits per heavy atom. The number of rotatable bonds is 8. The summed E-state index contributed by atoms with van der Waals surface area (Å²) in [6.07, 6.45) is 7.50. The number of carbonyl (C=O) groups excluding carboxylic acids is 1. The molecule has 1 N–H and O–H groups in total. The summed E-state index contributed by atoms with van der Waals surface area (Å²) in [5, 5.41) is 6.76. The zero-order valence-corrected chi connectivity index (χ0v) is 17.8. The maximum absolute atomic E-state index is 12.6. The van der Waals surface area contributed by atoms with E-state index in [1.165, 1.54) is 11.8 Å². The topological polar surface area (TPSA) is 81.5 Å². The molecule has 1 aliphatic rings. The number of nitrogens with one attached hydrogen (secondary N) is 1. The summed E-state index contributed by atoms with van der Waals surface area (Å²) in [4.78, 5) is 23.3. The molecule has 0 spiro atoms. The summed E-state index contributed by atoms with van der Waals surface area (Å²) in [6.45, 7) is 5.90. The van der Waals surface area contributed by atoms with Crippen LogP contribution in [-0.2, 0) is 13.1 Å². The first kappa shape index (κ1) is 21.0. The van der Waals surface area contributed by atoms with Gasteiger partial charge in [-0.05, 0) is 11.6 Å². The molecule has 8 nitrogen and oxygen atoms in total. The van der Waals surface area contributed by atoms with Crippen LogP contribution in [-0.4, -0.2) is 75.6 Å². The van der Waals surface area contributed by atoms with E-state index in [-0.39, 0.29) is 5.91 Å². The summed E-state index contributed by atoms with van der Waals surface area (Å²) in [6, 6.07) is 12.2. The SMILES string of the molecule is CN(Cc1ccn[nH]1)C(=O)c1coc(CN2CCN(C/C=C/c3ccccc3)CC2)n1. The van der Waals surface area contributed by atoms with Gasteiger partial charge in [0.2, 0.25) is 5.89 Å². The minimum atomic E-state index is -0.167. The van der Waals surface area contributed by atoms with Gasteiger partial charge in [0.05, 0.1) is 18.8 Å². The van der Waals surface area contributed by atoms with Crippen LogP contribution in [0.1, 0.15) is 27.6 Å². The number of hydrogen-bond donors (Lipinski definition) is 1. The van der Waals surface area contributed by atoms with Crippen LogP contribution < -0.4 is 0 Å². The fourth-order valence-corrected chi connectivity index (χ4v) is 3.60. The molecule has 162 valence electrons. The van der Waals surface area contributed by atoms with Crippen LogP contribution in [0.25, 0.3) is 6.08 Å². The lowest BCUT2D eigenvalue weighted by Crippen LogP contribution is -2.45. The van der Waals surface area contributed by atoms with Crippen LogP contribution in [0.3, 0.4) is 0 Å². The first-order valence-electron chi connectivity index (χ1n) is 10.5. The Bertz CT molecular complexity index is 975. The smallest absolute Gasteiger partial charge is 0.275 e. The molecule has 1 amide bonds. The Kier molecular flexibility index (Phi) is 6.91. The van der Waals surface area contributed by atoms with E-state index in [0.717, 1.165) is 38.4 Å². The average Bonchev–Trinajstić information content (AvgIpc) is 3.47. The fourth-order valence-electron chi connectivity index (χ4n) is 3.60. The minimum absolute atomic E-state index is 0.167. The molecule has 2 aromatic heterocycles. The maximum Gasteiger partial charge on any atom is 0.275 e. The Morgan fingerprint density at radius 2 is 1.94 bits per heavy atom. The molecule has 31 heavy (non-hydrogen) atoms. The van der Waals surface area contributed by atoms with Crippen molar-refractivity contribution in [2.45, 2.75) is 13.1 Å². The van der Waals surface area contributed by atoms with Gasteiger partial charge in [0.15, 0.2) is 5.69 Å². The van der Waals surface area contributed by atoms with Gasteiger partial charge in [0.1, 0.15) is 6.26 Å². The van der Waals surface area contributed by atoms with Crippen LogP contribution in [0.5, 0.6) is 0 Å². The standard InChI is InChI=1S/C23H28N6O2/c1-27(16-20-9-10-24-26-20)23(30)21-18-31-22(25-21)17-29-14-12-28(13-15-29)11-5-8-19-6-3-2-4-7-19/h2-10,18H,11-17H2,1H3,(H,24,26)/b8-5+. The summed E-state index contributed by atoms with van der Waals surface area (Å²) >= 11 is 0. The molecule has 0 bridgehead atoms. The van der Waals surface area contributed by atoms with Gasteiger partial charge in [-0.25, -0.2) is 4.98 Å². The first-order chi connectivity index (χ1) is 15.2. The quantitative estimate of drug-likeness (QED) is 0.603. The Morgan fingerprint density at radius 1 is 1.16 bits per heavy atom. The summed E-state index contributed by atoms with van der Waals surface area (Å²) in [5.41, 5.74) is 2.43. The van der Waals surface area contributed by atoms with Crippen molar-refractivity contribution in [3.8, 4) is 0 Å². The van der Waals surface area contributed by atoms with Crippen LogP contribution >= 0.6 is 0 Å². The van der Waals surface area contributed by atoms with Gasteiger partial charge in [-0.3, -0.25) is 19.7 Å². The fraction of sp³-hybridized carbons (Fsp3) is 0.348. The second kappa shape index (κ2) is 10.2. The monoisotopic (exact) mass is 420 g/mol. The van der Waals surface area contributed by atoms with E-state index >= 15 is 0 Å². The number of aromatic amines is 1. The minimum Gasteiger partial charge on any atom is -0.447 e. The Labute approximate surface area is 182 Å². The summed E-state index contributed by atoms with van der Waals surface area (Å²) < 4.78 is 5.57. The van der Waals surface area contributed by atoms with Crippen molar-refractivity contribution in [2.75, 3.05) is 39.8 Å². The van der Waals surface area contributed by atoms with Crippen molar-refractivity contribution in [3.05, 3.63) is 77.8 Å².